The molecule has 20 heavy (non-hydrogen) atoms. The third-order valence-corrected chi connectivity index (χ3v) is 2.57. The summed E-state index contributed by atoms with van der Waals surface area (Å²) in [5, 5.41) is 32.0. The first-order chi connectivity index (χ1) is 9.38. The zero-order valence-corrected chi connectivity index (χ0v) is 11.2. The highest BCUT2D eigenvalue weighted by molar-refractivity contribution is 7.80. The Hall–Kier alpha value is -2.35. The van der Waals surface area contributed by atoms with Crippen LogP contribution in [0.5, 0.6) is 5.75 Å². The lowest BCUT2D eigenvalue weighted by Crippen LogP contribution is -2.43. The Morgan fingerprint density at radius 2 is 2.00 bits per heavy atom. The van der Waals surface area contributed by atoms with Crippen LogP contribution < -0.4 is 10.6 Å². The molecule has 5 N–H and O–H groups in total. The minimum atomic E-state index is -1.19. The summed E-state index contributed by atoms with van der Waals surface area (Å²) < 4.78 is 0. The summed E-state index contributed by atoms with van der Waals surface area (Å²) in [6.07, 6.45) is -0.370. The topological polar surface area (TPSA) is 119 Å². The molecule has 0 aromatic heterocycles. The number of benzene rings is 1. The molecule has 0 radical (unpaired) electrons. The zero-order chi connectivity index (χ0) is 15.1. The van der Waals surface area contributed by atoms with Crippen LogP contribution in [0.15, 0.2) is 24.3 Å². The van der Waals surface area contributed by atoms with Gasteiger partial charge in [-0.15, -0.1) is 0 Å². The summed E-state index contributed by atoms with van der Waals surface area (Å²) in [6, 6.07) is 5.04. The van der Waals surface area contributed by atoms with Crippen molar-refractivity contribution in [2.75, 3.05) is 5.32 Å². The van der Waals surface area contributed by atoms with E-state index < -0.39 is 18.0 Å². The number of rotatable bonds is 6. The van der Waals surface area contributed by atoms with E-state index in [0.29, 0.717) is 5.69 Å². The number of aromatic hydroxyl groups is 1. The number of aliphatic carboxylic acids is 2. The van der Waals surface area contributed by atoms with Crippen LogP contribution in [0, 0.1) is 0 Å². The fourth-order valence-corrected chi connectivity index (χ4v) is 1.69. The normalized spacial score (nSPS) is 11.4. The standard InChI is InChI=1S/C12H14N2O5S/c15-8-3-1-2-7(6-8)13-12(20)14-9(11(18)19)4-5-10(16)17/h1-3,6,9,15H,4-5H2,(H,16,17)(H,18,19)(H2,13,14,20). The van der Waals surface area contributed by atoms with E-state index in [2.05, 4.69) is 10.6 Å². The Kier molecular flexibility index (Phi) is 5.73. The smallest absolute Gasteiger partial charge is 0.326 e. The number of hydrogen-bond acceptors (Lipinski definition) is 4. The maximum absolute atomic E-state index is 11.0. The number of hydrogen-bond donors (Lipinski definition) is 5. The predicted molar refractivity (Wildman–Crippen MR) is 75.8 cm³/mol. The molecule has 7 nitrogen and oxygen atoms in total. The van der Waals surface area contributed by atoms with Gasteiger partial charge in [0.2, 0.25) is 0 Å². The van der Waals surface area contributed by atoms with E-state index >= 15 is 0 Å². The highest BCUT2D eigenvalue weighted by Crippen LogP contribution is 2.15. The van der Waals surface area contributed by atoms with Gasteiger partial charge in [-0.3, -0.25) is 4.79 Å². The van der Waals surface area contributed by atoms with Gasteiger partial charge in [-0.2, -0.15) is 0 Å². The minimum Gasteiger partial charge on any atom is -0.508 e. The minimum absolute atomic E-state index is 0.0355. The lowest BCUT2D eigenvalue weighted by Gasteiger charge is -2.16. The van der Waals surface area contributed by atoms with Crippen LogP contribution in [-0.4, -0.2) is 38.4 Å². The molecule has 0 aliphatic rings. The Bertz CT molecular complexity index is 520. The highest BCUT2D eigenvalue weighted by Gasteiger charge is 2.19. The number of carboxylic acid groups (broad SMARTS) is 2. The van der Waals surface area contributed by atoms with Crippen molar-refractivity contribution in [3.8, 4) is 5.75 Å². The number of nitrogens with one attached hydrogen (secondary N) is 2. The van der Waals surface area contributed by atoms with E-state index in [1.807, 2.05) is 0 Å². The molecule has 1 aromatic carbocycles. The van der Waals surface area contributed by atoms with Crippen molar-refractivity contribution in [1.82, 2.24) is 5.32 Å². The SMILES string of the molecule is O=C(O)CCC(NC(=S)Nc1cccc(O)c1)C(=O)O. The second-order valence-corrected chi connectivity index (χ2v) is 4.38. The van der Waals surface area contributed by atoms with Crippen LogP contribution in [0.3, 0.4) is 0 Å². The lowest BCUT2D eigenvalue weighted by atomic mass is 10.1. The van der Waals surface area contributed by atoms with E-state index in [0.717, 1.165) is 0 Å². The third kappa shape index (κ3) is 5.53. The van der Waals surface area contributed by atoms with Gasteiger partial charge in [-0.25, -0.2) is 4.79 Å². The number of carbonyl (C=O) groups is 2. The molecule has 0 saturated carbocycles. The lowest BCUT2D eigenvalue weighted by molar-refractivity contribution is -0.140. The molecule has 0 heterocycles. The molecular formula is C12H14N2O5S. The van der Waals surface area contributed by atoms with Crippen molar-refractivity contribution in [3.05, 3.63) is 24.3 Å². The Morgan fingerprint density at radius 3 is 2.55 bits per heavy atom. The van der Waals surface area contributed by atoms with Crippen LogP contribution in [0.2, 0.25) is 0 Å². The molecule has 8 heteroatoms. The monoisotopic (exact) mass is 298 g/mol. The Balaban J connectivity index is 2.57. The second-order valence-electron chi connectivity index (χ2n) is 3.97. The summed E-state index contributed by atoms with van der Waals surface area (Å²) in [5.41, 5.74) is 0.491. The van der Waals surface area contributed by atoms with E-state index in [1.54, 1.807) is 12.1 Å². The van der Waals surface area contributed by atoms with Gasteiger partial charge in [-0.1, -0.05) is 6.07 Å². The molecule has 1 aromatic rings. The van der Waals surface area contributed by atoms with Gasteiger partial charge in [0.05, 0.1) is 0 Å². The molecule has 1 rings (SSSR count). The van der Waals surface area contributed by atoms with Crippen molar-refractivity contribution in [1.29, 1.82) is 0 Å². The van der Waals surface area contributed by atoms with Crippen molar-refractivity contribution in [2.24, 2.45) is 0 Å². The predicted octanol–water partition coefficient (Wildman–Crippen LogP) is 0.997. The summed E-state index contributed by atoms with van der Waals surface area (Å²) in [7, 11) is 0. The summed E-state index contributed by atoms with van der Waals surface area (Å²) >= 11 is 4.94. The first-order valence-electron chi connectivity index (χ1n) is 5.69. The number of carboxylic acids is 2. The van der Waals surface area contributed by atoms with Gasteiger partial charge in [0.1, 0.15) is 11.8 Å². The first kappa shape index (κ1) is 15.7. The molecule has 0 aliphatic carbocycles. The molecule has 0 spiro atoms. The number of phenolic OH excluding ortho intramolecular Hbond substituents is 1. The van der Waals surface area contributed by atoms with Crippen molar-refractivity contribution in [3.63, 3.8) is 0 Å². The Labute approximate surface area is 120 Å². The fourth-order valence-electron chi connectivity index (χ4n) is 1.43. The van der Waals surface area contributed by atoms with Crippen LogP contribution in [-0.2, 0) is 9.59 Å². The fraction of sp³-hybridized carbons (Fsp3) is 0.250. The van der Waals surface area contributed by atoms with Gasteiger partial charge in [0.25, 0.3) is 0 Å². The van der Waals surface area contributed by atoms with Crippen LogP contribution in [0.1, 0.15) is 12.8 Å². The highest BCUT2D eigenvalue weighted by atomic mass is 32.1. The molecule has 0 bridgehead atoms. The average molecular weight is 298 g/mol. The molecule has 1 atom stereocenters. The van der Waals surface area contributed by atoms with Gasteiger partial charge in [0, 0.05) is 18.2 Å². The van der Waals surface area contributed by atoms with Gasteiger partial charge in [-0.05, 0) is 30.8 Å². The maximum atomic E-state index is 11.0. The van der Waals surface area contributed by atoms with Crippen LogP contribution >= 0.6 is 12.2 Å². The van der Waals surface area contributed by atoms with Gasteiger partial charge in [0.15, 0.2) is 5.11 Å². The number of thiocarbonyl (C=S) groups is 1. The molecule has 108 valence electrons. The second kappa shape index (κ2) is 7.29. The zero-order valence-electron chi connectivity index (χ0n) is 10.4. The number of anilines is 1. The quantitative estimate of drug-likeness (QED) is 0.493. The average Bonchev–Trinajstić information content (AvgIpc) is 2.33. The molecule has 0 aliphatic heterocycles. The Morgan fingerprint density at radius 1 is 1.30 bits per heavy atom. The summed E-state index contributed by atoms with van der Waals surface area (Å²) in [5.74, 6) is -2.23. The van der Waals surface area contributed by atoms with E-state index in [1.165, 1.54) is 12.1 Å². The van der Waals surface area contributed by atoms with E-state index in [4.69, 9.17) is 22.4 Å². The molecular weight excluding hydrogens is 284 g/mol. The van der Waals surface area contributed by atoms with Gasteiger partial charge >= 0.3 is 11.9 Å². The maximum Gasteiger partial charge on any atom is 0.326 e. The largest absolute Gasteiger partial charge is 0.508 e. The number of phenols is 1. The van der Waals surface area contributed by atoms with Crippen molar-refractivity contribution in [2.45, 2.75) is 18.9 Å². The first-order valence-corrected chi connectivity index (χ1v) is 6.10. The van der Waals surface area contributed by atoms with Crippen molar-refractivity contribution >= 4 is 35.0 Å². The molecule has 0 saturated heterocycles. The van der Waals surface area contributed by atoms with Gasteiger partial charge < -0.3 is 26.0 Å². The van der Waals surface area contributed by atoms with E-state index in [9.17, 15) is 14.7 Å². The molecule has 0 fully saturated rings. The molecule has 0 amide bonds. The van der Waals surface area contributed by atoms with Crippen LogP contribution in [0.25, 0.3) is 0 Å². The van der Waals surface area contributed by atoms with Crippen molar-refractivity contribution < 1.29 is 24.9 Å². The summed E-state index contributed by atoms with van der Waals surface area (Å²) in [4.78, 5) is 21.4. The molecule has 1 unspecified atom stereocenters. The summed E-state index contributed by atoms with van der Waals surface area (Å²) in [6.45, 7) is 0. The van der Waals surface area contributed by atoms with E-state index in [-0.39, 0.29) is 23.7 Å². The third-order valence-electron chi connectivity index (χ3n) is 2.35. The van der Waals surface area contributed by atoms with Crippen LogP contribution in [0.4, 0.5) is 5.69 Å².